The van der Waals surface area contributed by atoms with Crippen LogP contribution < -0.4 is 0 Å². The lowest BCUT2D eigenvalue weighted by Crippen LogP contribution is -2.15. The Morgan fingerprint density at radius 1 is 1.12 bits per heavy atom. The quantitative estimate of drug-likeness (QED) is 0.350. The molecule has 0 bridgehead atoms. The fourth-order valence-electron chi connectivity index (χ4n) is 0.0577. The van der Waals surface area contributed by atoms with Gasteiger partial charge in [0.15, 0.2) is 0 Å². The van der Waals surface area contributed by atoms with Crippen molar-refractivity contribution in [1.29, 1.82) is 0 Å². The van der Waals surface area contributed by atoms with E-state index >= 15 is 0 Å². The maximum Gasteiger partial charge on any atom is 0.503 e. The molecule has 0 amide bonds. The molecule has 0 aliphatic heterocycles. The first-order valence-electron chi connectivity index (χ1n) is 3.89. The first kappa shape index (κ1) is 19.9. The van der Waals surface area contributed by atoms with Gasteiger partial charge < -0.3 is 30.6 Å². The smallest absolute Gasteiger partial charge is 0.478 e. The molecule has 0 heterocycles. The first-order valence-corrected chi connectivity index (χ1v) is 3.89. The minimum absolute atomic E-state index is 0.176. The summed E-state index contributed by atoms with van der Waals surface area (Å²) >= 11 is 0. The summed E-state index contributed by atoms with van der Waals surface area (Å²) in [5, 5.41) is 45.9. The molecule has 0 fully saturated rings. The molecule has 8 heteroatoms. The summed E-state index contributed by atoms with van der Waals surface area (Å²) in [6.07, 6.45) is -2.79. The van der Waals surface area contributed by atoms with E-state index in [1.54, 1.807) is 0 Å². The third kappa shape index (κ3) is 39.4. The van der Waals surface area contributed by atoms with E-state index in [-0.39, 0.29) is 18.8 Å². The van der Waals surface area contributed by atoms with Gasteiger partial charge in [-0.2, -0.15) is 0 Å². The van der Waals surface area contributed by atoms with Crippen molar-refractivity contribution in [3.63, 3.8) is 0 Å². The average Bonchev–Trinajstić information content (AvgIpc) is 2.16. The lowest BCUT2D eigenvalue weighted by Gasteiger charge is -1.96. The second-order valence-corrected chi connectivity index (χ2v) is 2.39. The molecule has 0 atom stereocenters. The van der Waals surface area contributed by atoms with E-state index in [4.69, 9.17) is 35.4 Å². The lowest BCUT2D eigenvalue weighted by atomic mass is 10.4. The number of carboxylic acids is 1. The summed E-state index contributed by atoms with van der Waals surface area (Å²) in [6, 6.07) is 0. The van der Waals surface area contributed by atoms with Crippen LogP contribution in [0.1, 0.15) is 6.92 Å². The van der Waals surface area contributed by atoms with Crippen LogP contribution in [0.2, 0.25) is 0 Å². The van der Waals surface area contributed by atoms with E-state index in [1.165, 1.54) is 6.92 Å². The van der Waals surface area contributed by atoms with Crippen LogP contribution in [0.3, 0.4) is 0 Å². The van der Waals surface area contributed by atoms with E-state index in [2.05, 4.69) is 6.58 Å². The molecule has 0 radical (unpaired) electrons. The molecule has 0 aromatic heterocycles. The molecule has 96 valence electrons. The molecular formula is C8H16O8. The Kier molecular flexibility index (Phi) is 16.6. The predicted octanol–water partition coefficient (Wildman–Crippen LogP) is -0.799. The van der Waals surface area contributed by atoms with Gasteiger partial charge in [-0.15, -0.1) is 0 Å². The SMILES string of the molecule is C=C(C)C(=O)O.O=C(O)O.OCC(O)CO. The zero-order chi connectivity index (χ0) is 13.7. The number of hydrogen-bond acceptors (Lipinski definition) is 5. The monoisotopic (exact) mass is 240 g/mol. The topological polar surface area (TPSA) is 156 Å². The summed E-state index contributed by atoms with van der Waals surface area (Å²) in [5.41, 5.74) is 0.176. The second kappa shape index (κ2) is 13.4. The van der Waals surface area contributed by atoms with Crippen LogP contribution in [0.5, 0.6) is 0 Å². The van der Waals surface area contributed by atoms with Crippen molar-refractivity contribution < 1.29 is 40.2 Å². The minimum atomic E-state index is -1.83. The number of aliphatic hydroxyl groups excluding tert-OH is 3. The van der Waals surface area contributed by atoms with Gasteiger partial charge in [-0.1, -0.05) is 6.58 Å². The summed E-state index contributed by atoms with van der Waals surface area (Å²) in [5.74, 6) is -0.935. The summed E-state index contributed by atoms with van der Waals surface area (Å²) in [7, 11) is 0. The van der Waals surface area contributed by atoms with Gasteiger partial charge in [0.05, 0.1) is 13.2 Å². The van der Waals surface area contributed by atoms with Crippen LogP contribution in [-0.2, 0) is 4.79 Å². The number of carbonyl (C=O) groups is 2. The normalized spacial score (nSPS) is 8.06. The fraction of sp³-hybridized carbons (Fsp3) is 0.500. The van der Waals surface area contributed by atoms with Crippen molar-refractivity contribution in [3.8, 4) is 0 Å². The zero-order valence-electron chi connectivity index (χ0n) is 8.70. The van der Waals surface area contributed by atoms with Crippen molar-refractivity contribution >= 4 is 12.1 Å². The Labute approximate surface area is 91.7 Å². The molecule has 0 spiro atoms. The fourth-order valence-corrected chi connectivity index (χ4v) is 0.0577. The Morgan fingerprint density at radius 2 is 1.31 bits per heavy atom. The molecule has 6 N–H and O–H groups in total. The molecule has 0 rings (SSSR count). The van der Waals surface area contributed by atoms with Crippen LogP contribution in [0, 0.1) is 0 Å². The minimum Gasteiger partial charge on any atom is -0.478 e. The summed E-state index contributed by atoms with van der Waals surface area (Å²) in [4.78, 5) is 18.2. The van der Waals surface area contributed by atoms with Gasteiger partial charge in [-0.05, 0) is 6.92 Å². The lowest BCUT2D eigenvalue weighted by molar-refractivity contribution is -0.132. The highest BCUT2D eigenvalue weighted by molar-refractivity contribution is 5.84. The van der Waals surface area contributed by atoms with E-state index < -0.39 is 18.2 Å². The van der Waals surface area contributed by atoms with Gasteiger partial charge in [0.1, 0.15) is 6.10 Å². The number of carboxylic acid groups (broad SMARTS) is 3. The number of rotatable bonds is 3. The van der Waals surface area contributed by atoms with Crippen molar-refractivity contribution in [2.75, 3.05) is 13.2 Å². The molecule has 0 aromatic carbocycles. The molecule has 0 saturated heterocycles. The number of aliphatic carboxylic acids is 1. The third-order valence-electron chi connectivity index (χ3n) is 0.787. The van der Waals surface area contributed by atoms with Gasteiger partial charge in [0, 0.05) is 5.57 Å². The zero-order valence-corrected chi connectivity index (χ0v) is 8.70. The highest BCUT2D eigenvalue weighted by atomic mass is 16.6. The first-order chi connectivity index (χ1) is 7.18. The Bertz CT molecular complexity index is 192. The van der Waals surface area contributed by atoms with Gasteiger partial charge in [-0.3, -0.25) is 0 Å². The molecule has 0 aliphatic carbocycles. The van der Waals surface area contributed by atoms with Crippen molar-refractivity contribution in [2.45, 2.75) is 13.0 Å². The third-order valence-corrected chi connectivity index (χ3v) is 0.787. The molecule has 0 saturated carbocycles. The highest BCUT2D eigenvalue weighted by Gasteiger charge is 1.93. The Hall–Kier alpha value is -1.64. The van der Waals surface area contributed by atoms with Crippen molar-refractivity contribution in [3.05, 3.63) is 12.2 Å². The summed E-state index contributed by atoms with van der Waals surface area (Å²) < 4.78 is 0. The van der Waals surface area contributed by atoms with Gasteiger partial charge in [0.2, 0.25) is 0 Å². The largest absolute Gasteiger partial charge is 0.503 e. The van der Waals surface area contributed by atoms with E-state index in [0.29, 0.717) is 0 Å². The molecule has 0 unspecified atom stereocenters. The van der Waals surface area contributed by atoms with E-state index in [0.717, 1.165) is 0 Å². The predicted molar refractivity (Wildman–Crippen MR) is 53.3 cm³/mol. The second-order valence-electron chi connectivity index (χ2n) is 2.39. The van der Waals surface area contributed by atoms with Gasteiger partial charge >= 0.3 is 12.1 Å². The van der Waals surface area contributed by atoms with Crippen LogP contribution in [0.15, 0.2) is 12.2 Å². The highest BCUT2D eigenvalue weighted by Crippen LogP contribution is 1.81. The van der Waals surface area contributed by atoms with Crippen molar-refractivity contribution in [1.82, 2.24) is 0 Å². The summed E-state index contributed by atoms with van der Waals surface area (Å²) in [6.45, 7) is 3.87. The van der Waals surface area contributed by atoms with Crippen LogP contribution in [-0.4, -0.2) is 62.1 Å². The van der Waals surface area contributed by atoms with E-state index in [9.17, 15) is 4.79 Å². The molecule has 0 aliphatic rings. The van der Waals surface area contributed by atoms with Gasteiger partial charge in [0.25, 0.3) is 0 Å². The van der Waals surface area contributed by atoms with Crippen LogP contribution >= 0.6 is 0 Å². The maximum absolute atomic E-state index is 9.60. The van der Waals surface area contributed by atoms with Crippen LogP contribution in [0.25, 0.3) is 0 Å². The van der Waals surface area contributed by atoms with Crippen LogP contribution in [0.4, 0.5) is 4.79 Å². The molecule has 8 nitrogen and oxygen atoms in total. The van der Waals surface area contributed by atoms with Crippen molar-refractivity contribution in [2.24, 2.45) is 0 Å². The Balaban J connectivity index is -0.000000162. The van der Waals surface area contributed by atoms with Gasteiger partial charge in [-0.25, -0.2) is 9.59 Å². The molecular weight excluding hydrogens is 224 g/mol. The maximum atomic E-state index is 9.60. The Morgan fingerprint density at radius 3 is 1.31 bits per heavy atom. The molecule has 16 heavy (non-hydrogen) atoms. The molecule has 0 aromatic rings. The standard InChI is InChI=1S/C4H6O2.C3H8O3.CH2O3/c1-3(2)4(5)6;4-1-3(6)2-5;2-1(3)4/h1H2,2H3,(H,5,6);3-6H,1-2H2;(H2,2,3,4). The number of aliphatic hydroxyl groups is 3. The average molecular weight is 240 g/mol. The number of hydrogen-bond donors (Lipinski definition) is 6. The van der Waals surface area contributed by atoms with E-state index in [1.807, 2.05) is 0 Å².